The van der Waals surface area contributed by atoms with Crippen LogP contribution in [0.4, 0.5) is 18.3 Å². The number of aromatic nitrogens is 5. The Morgan fingerprint density at radius 1 is 1.17 bits per heavy atom. The lowest BCUT2D eigenvalue weighted by Crippen LogP contribution is -2.13. The second-order valence-electron chi connectivity index (χ2n) is 6.31. The molecule has 0 saturated carbocycles. The molecular weight excluding hydrogens is 421 g/mol. The summed E-state index contributed by atoms with van der Waals surface area (Å²) in [5, 5.41) is 22.0. The second kappa shape index (κ2) is 7.37. The molecule has 2 N–H and O–H groups in total. The molecule has 0 fully saturated rings. The summed E-state index contributed by atoms with van der Waals surface area (Å²) in [6, 6.07) is 4.32. The Kier molecular flexibility index (Phi) is 4.86. The number of hydrogen-bond acceptors (Lipinski definition) is 7. The molecule has 8 nitrogen and oxygen atoms in total. The molecule has 0 spiro atoms. The van der Waals surface area contributed by atoms with Crippen molar-refractivity contribution in [2.45, 2.75) is 20.0 Å². The molecule has 4 rings (SSSR count). The number of carbonyl (C=O) groups is 1. The standard InChI is InChI=1S/C18H13F3N6O2S/c1-8-12(7-22-24-8)16-25-26-17(30-16)23-15(28)13-9(2)29-27-14(13)10-3-5-11(6-4-10)18(19,20)21/h3-7H,1-2H3,(H,22,24)(H,23,26,28). The number of amides is 1. The number of aryl methyl sites for hydroxylation is 2. The first-order valence-electron chi connectivity index (χ1n) is 8.53. The first-order chi connectivity index (χ1) is 14.2. The molecule has 1 amide bonds. The number of nitrogens with one attached hydrogen (secondary N) is 2. The van der Waals surface area contributed by atoms with E-state index in [0.29, 0.717) is 10.6 Å². The highest BCUT2D eigenvalue weighted by Gasteiger charge is 2.30. The van der Waals surface area contributed by atoms with Crippen LogP contribution in [0.25, 0.3) is 21.8 Å². The molecule has 0 unspecified atom stereocenters. The Labute approximate surface area is 171 Å². The minimum Gasteiger partial charge on any atom is -0.360 e. The molecule has 0 radical (unpaired) electrons. The van der Waals surface area contributed by atoms with Crippen LogP contribution in [0.3, 0.4) is 0 Å². The van der Waals surface area contributed by atoms with Crippen molar-refractivity contribution in [3.63, 3.8) is 0 Å². The van der Waals surface area contributed by atoms with Crippen molar-refractivity contribution in [3.05, 3.63) is 53.0 Å². The van der Waals surface area contributed by atoms with Gasteiger partial charge in [0.05, 0.1) is 17.3 Å². The van der Waals surface area contributed by atoms with E-state index in [0.717, 1.165) is 34.7 Å². The van der Waals surface area contributed by atoms with Gasteiger partial charge in [0, 0.05) is 11.3 Å². The zero-order chi connectivity index (χ0) is 21.5. The molecule has 1 aromatic carbocycles. The van der Waals surface area contributed by atoms with Gasteiger partial charge < -0.3 is 4.52 Å². The maximum Gasteiger partial charge on any atom is 0.416 e. The highest BCUT2D eigenvalue weighted by molar-refractivity contribution is 7.18. The Hall–Kier alpha value is -3.54. The first-order valence-corrected chi connectivity index (χ1v) is 9.35. The monoisotopic (exact) mass is 434 g/mol. The highest BCUT2D eigenvalue weighted by Crippen LogP contribution is 2.33. The van der Waals surface area contributed by atoms with Gasteiger partial charge in [-0.3, -0.25) is 15.2 Å². The molecule has 3 heterocycles. The molecule has 0 aliphatic heterocycles. The Balaban J connectivity index is 1.59. The van der Waals surface area contributed by atoms with Crippen molar-refractivity contribution in [2.75, 3.05) is 5.32 Å². The average Bonchev–Trinajstić information content (AvgIpc) is 3.41. The lowest BCUT2D eigenvalue weighted by molar-refractivity contribution is -0.137. The lowest BCUT2D eigenvalue weighted by Gasteiger charge is -2.07. The number of halogens is 3. The summed E-state index contributed by atoms with van der Waals surface area (Å²) in [4.78, 5) is 12.8. The predicted molar refractivity (Wildman–Crippen MR) is 102 cm³/mol. The minimum atomic E-state index is -4.46. The minimum absolute atomic E-state index is 0.103. The van der Waals surface area contributed by atoms with Crippen molar-refractivity contribution in [1.82, 2.24) is 25.6 Å². The number of anilines is 1. The first kappa shape index (κ1) is 19.8. The van der Waals surface area contributed by atoms with E-state index in [2.05, 4.69) is 30.9 Å². The van der Waals surface area contributed by atoms with E-state index in [1.807, 2.05) is 6.92 Å². The highest BCUT2D eigenvalue weighted by atomic mass is 32.1. The third kappa shape index (κ3) is 3.68. The summed E-state index contributed by atoms with van der Waals surface area (Å²) < 4.78 is 43.5. The molecule has 0 atom stereocenters. The quantitative estimate of drug-likeness (QED) is 0.490. The van der Waals surface area contributed by atoms with Crippen LogP contribution < -0.4 is 5.32 Å². The number of benzene rings is 1. The summed E-state index contributed by atoms with van der Waals surface area (Å²) in [7, 11) is 0. The SMILES string of the molecule is Cc1[nH]ncc1-c1nnc(NC(=O)c2c(-c3ccc(C(F)(F)F)cc3)noc2C)s1. The van der Waals surface area contributed by atoms with Gasteiger partial charge in [0.25, 0.3) is 5.91 Å². The summed E-state index contributed by atoms with van der Waals surface area (Å²) in [6.45, 7) is 3.37. The van der Waals surface area contributed by atoms with E-state index in [-0.39, 0.29) is 22.1 Å². The van der Waals surface area contributed by atoms with Crippen LogP contribution in [-0.2, 0) is 6.18 Å². The Morgan fingerprint density at radius 3 is 2.53 bits per heavy atom. The van der Waals surface area contributed by atoms with Gasteiger partial charge in [0.2, 0.25) is 5.13 Å². The van der Waals surface area contributed by atoms with E-state index in [1.165, 1.54) is 19.1 Å². The molecule has 0 aliphatic carbocycles. The van der Waals surface area contributed by atoms with E-state index in [9.17, 15) is 18.0 Å². The van der Waals surface area contributed by atoms with Crippen LogP contribution in [0.1, 0.15) is 27.4 Å². The summed E-state index contributed by atoms with van der Waals surface area (Å²) in [5.41, 5.74) is 1.33. The van der Waals surface area contributed by atoms with E-state index in [4.69, 9.17) is 4.52 Å². The zero-order valence-electron chi connectivity index (χ0n) is 15.5. The number of rotatable bonds is 4. The maximum atomic E-state index is 12.8. The third-order valence-electron chi connectivity index (χ3n) is 4.28. The lowest BCUT2D eigenvalue weighted by atomic mass is 10.0. The smallest absolute Gasteiger partial charge is 0.360 e. The molecule has 12 heteroatoms. The average molecular weight is 434 g/mol. The zero-order valence-corrected chi connectivity index (χ0v) is 16.4. The summed E-state index contributed by atoms with van der Waals surface area (Å²) in [5.74, 6) is -0.340. The van der Waals surface area contributed by atoms with Gasteiger partial charge in [-0.05, 0) is 26.0 Å². The number of hydrogen-bond donors (Lipinski definition) is 2. The molecule has 3 aromatic heterocycles. The molecule has 154 valence electrons. The summed E-state index contributed by atoms with van der Waals surface area (Å²) in [6.07, 6.45) is -2.85. The van der Waals surface area contributed by atoms with Gasteiger partial charge in [0.1, 0.15) is 17.0 Å². The van der Waals surface area contributed by atoms with Gasteiger partial charge in [0.15, 0.2) is 5.01 Å². The van der Waals surface area contributed by atoms with Gasteiger partial charge >= 0.3 is 6.18 Å². The van der Waals surface area contributed by atoms with Crippen LogP contribution in [0.15, 0.2) is 35.0 Å². The fourth-order valence-corrected chi connectivity index (χ4v) is 3.57. The molecule has 30 heavy (non-hydrogen) atoms. The maximum absolute atomic E-state index is 12.8. The summed E-state index contributed by atoms with van der Waals surface area (Å²) >= 11 is 1.15. The fourth-order valence-electron chi connectivity index (χ4n) is 2.76. The van der Waals surface area contributed by atoms with Crippen molar-refractivity contribution in [1.29, 1.82) is 0 Å². The van der Waals surface area contributed by atoms with Crippen molar-refractivity contribution >= 4 is 22.4 Å². The second-order valence-corrected chi connectivity index (χ2v) is 7.29. The van der Waals surface area contributed by atoms with Crippen LogP contribution in [0.2, 0.25) is 0 Å². The normalized spacial score (nSPS) is 11.6. The molecular formula is C18H13F3N6O2S. The number of H-pyrrole nitrogens is 1. The number of nitrogens with zero attached hydrogens (tertiary/aromatic N) is 4. The van der Waals surface area contributed by atoms with Crippen LogP contribution in [0.5, 0.6) is 0 Å². The third-order valence-corrected chi connectivity index (χ3v) is 5.15. The number of aromatic amines is 1. The molecule has 0 aliphatic rings. The number of alkyl halides is 3. The van der Waals surface area contributed by atoms with E-state index >= 15 is 0 Å². The Bertz CT molecular complexity index is 1210. The Morgan fingerprint density at radius 2 is 1.90 bits per heavy atom. The van der Waals surface area contributed by atoms with Crippen molar-refractivity contribution in [3.8, 4) is 21.8 Å². The van der Waals surface area contributed by atoms with Crippen molar-refractivity contribution in [2.24, 2.45) is 0 Å². The van der Waals surface area contributed by atoms with Crippen molar-refractivity contribution < 1.29 is 22.5 Å². The van der Waals surface area contributed by atoms with Gasteiger partial charge in [-0.1, -0.05) is 28.6 Å². The molecule has 4 aromatic rings. The molecule has 0 saturated heterocycles. The van der Waals surface area contributed by atoms with E-state index in [1.54, 1.807) is 6.20 Å². The largest absolute Gasteiger partial charge is 0.416 e. The van der Waals surface area contributed by atoms with Gasteiger partial charge in [-0.15, -0.1) is 10.2 Å². The molecule has 0 bridgehead atoms. The van der Waals surface area contributed by atoms with Crippen LogP contribution in [-0.4, -0.2) is 31.5 Å². The van der Waals surface area contributed by atoms with Gasteiger partial charge in [-0.25, -0.2) is 0 Å². The fraction of sp³-hybridized carbons (Fsp3) is 0.167. The van der Waals surface area contributed by atoms with E-state index < -0.39 is 17.6 Å². The van der Waals surface area contributed by atoms with Crippen LogP contribution >= 0.6 is 11.3 Å². The van der Waals surface area contributed by atoms with Crippen LogP contribution in [0, 0.1) is 13.8 Å². The van der Waals surface area contributed by atoms with Gasteiger partial charge in [-0.2, -0.15) is 18.3 Å². The number of carbonyl (C=O) groups excluding carboxylic acids is 1. The topological polar surface area (TPSA) is 110 Å². The predicted octanol–water partition coefficient (Wildman–Crippen LogP) is 4.47.